The van der Waals surface area contributed by atoms with Gasteiger partial charge in [0.15, 0.2) is 0 Å². The van der Waals surface area contributed by atoms with Crippen LogP contribution in [0.25, 0.3) is 0 Å². The molecule has 0 fully saturated rings. The molecular formula is C27H26N2O5S. The highest BCUT2D eigenvalue weighted by Crippen LogP contribution is 2.29. The van der Waals surface area contributed by atoms with Crippen molar-refractivity contribution in [3.05, 3.63) is 100 Å². The van der Waals surface area contributed by atoms with E-state index in [0.29, 0.717) is 17.5 Å². The van der Waals surface area contributed by atoms with Crippen molar-refractivity contribution in [3.8, 4) is 0 Å². The van der Waals surface area contributed by atoms with Crippen molar-refractivity contribution >= 4 is 34.9 Å². The number of ketones is 1. The molecule has 7 nitrogen and oxygen atoms in total. The van der Waals surface area contributed by atoms with Crippen molar-refractivity contribution in [2.45, 2.75) is 48.8 Å². The Morgan fingerprint density at radius 3 is 2.09 bits per heavy atom. The van der Waals surface area contributed by atoms with Crippen LogP contribution >= 0.6 is 11.8 Å². The highest BCUT2D eigenvalue weighted by Gasteiger charge is 2.17. The van der Waals surface area contributed by atoms with E-state index in [2.05, 4.69) is 12.1 Å². The number of rotatable bonds is 12. The van der Waals surface area contributed by atoms with E-state index in [-0.39, 0.29) is 17.2 Å². The van der Waals surface area contributed by atoms with Crippen LogP contribution in [0.4, 0.5) is 5.69 Å². The summed E-state index contributed by atoms with van der Waals surface area (Å²) >= 11 is 1.43. The van der Waals surface area contributed by atoms with Gasteiger partial charge in [-0.1, -0.05) is 61.3 Å². The Kier molecular flexibility index (Phi) is 9.74. The smallest absolute Gasteiger partial charge is 0.312 e. The van der Waals surface area contributed by atoms with Crippen molar-refractivity contribution in [1.82, 2.24) is 0 Å². The van der Waals surface area contributed by atoms with Crippen molar-refractivity contribution in [2.24, 2.45) is 5.16 Å². The minimum absolute atomic E-state index is 0.0361. The summed E-state index contributed by atoms with van der Waals surface area (Å²) in [6, 6.07) is 21.8. The van der Waals surface area contributed by atoms with Crippen molar-refractivity contribution in [3.63, 3.8) is 0 Å². The fraction of sp³-hybridized carbons (Fsp3) is 0.222. The van der Waals surface area contributed by atoms with Gasteiger partial charge in [0, 0.05) is 27.5 Å². The van der Waals surface area contributed by atoms with Gasteiger partial charge in [0.25, 0.3) is 5.69 Å². The second-order valence-electron chi connectivity index (χ2n) is 7.80. The molecule has 35 heavy (non-hydrogen) atoms. The highest BCUT2D eigenvalue weighted by molar-refractivity contribution is 7.99. The lowest BCUT2D eigenvalue weighted by atomic mass is 10.0. The number of non-ortho nitro benzene ring substituents is 1. The zero-order valence-corrected chi connectivity index (χ0v) is 20.2. The van der Waals surface area contributed by atoms with Gasteiger partial charge in [-0.2, -0.15) is 0 Å². The number of carbonyl (C=O) groups is 2. The Bertz CT molecular complexity index is 1180. The molecule has 0 spiro atoms. The summed E-state index contributed by atoms with van der Waals surface area (Å²) in [5.41, 5.74) is 1.06. The van der Waals surface area contributed by atoms with Gasteiger partial charge in [-0.15, -0.1) is 0 Å². The molecule has 0 amide bonds. The van der Waals surface area contributed by atoms with E-state index >= 15 is 0 Å². The molecule has 0 radical (unpaired) electrons. The normalized spacial score (nSPS) is 11.2. The van der Waals surface area contributed by atoms with Gasteiger partial charge in [0.05, 0.1) is 10.5 Å². The molecule has 180 valence electrons. The van der Waals surface area contributed by atoms with Crippen molar-refractivity contribution in [1.29, 1.82) is 0 Å². The topological polar surface area (TPSA) is 98.9 Å². The van der Waals surface area contributed by atoms with Crippen LogP contribution in [0.2, 0.25) is 0 Å². The van der Waals surface area contributed by atoms with Crippen molar-refractivity contribution < 1.29 is 19.3 Å². The van der Waals surface area contributed by atoms with Gasteiger partial charge < -0.3 is 4.84 Å². The zero-order chi connectivity index (χ0) is 25.0. The standard InChI is InChI=1S/C27H26N2O5S/c1-2-3-4-8-11-25(28-34-27(31)21-9-6-5-7-10-21)26(30)20-12-16-23(17-13-20)35-24-18-14-22(15-19-24)29(32)33/h5-7,9-10,12-19H,2-4,8,11H2,1H3/b28-25-. The van der Waals surface area contributed by atoms with E-state index in [1.54, 1.807) is 54.6 Å². The molecule has 0 aliphatic carbocycles. The molecular weight excluding hydrogens is 464 g/mol. The Balaban J connectivity index is 1.70. The lowest BCUT2D eigenvalue weighted by Crippen LogP contribution is -2.16. The van der Waals surface area contributed by atoms with E-state index in [1.807, 2.05) is 12.1 Å². The molecule has 3 aromatic rings. The molecule has 0 bridgehead atoms. The molecule has 3 aromatic carbocycles. The lowest BCUT2D eigenvalue weighted by Gasteiger charge is -2.07. The van der Waals surface area contributed by atoms with E-state index in [0.717, 1.165) is 35.5 Å². The molecule has 0 saturated heterocycles. The Labute approximate surface area is 208 Å². The summed E-state index contributed by atoms with van der Waals surface area (Å²) in [7, 11) is 0. The third kappa shape index (κ3) is 7.89. The van der Waals surface area contributed by atoms with Crippen LogP contribution in [-0.4, -0.2) is 22.4 Å². The highest BCUT2D eigenvalue weighted by atomic mass is 32.2. The molecule has 0 aliphatic heterocycles. The number of oxime groups is 1. The Morgan fingerprint density at radius 2 is 1.49 bits per heavy atom. The molecule has 8 heteroatoms. The summed E-state index contributed by atoms with van der Waals surface area (Å²) in [6.45, 7) is 2.11. The number of nitro groups is 1. The molecule has 0 saturated carbocycles. The summed E-state index contributed by atoms with van der Waals surface area (Å²) in [6.07, 6.45) is 4.27. The Morgan fingerprint density at radius 1 is 0.857 bits per heavy atom. The minimum Gasteiger partial charge on any atom is -0.312 e. The van der Waals surface area contributed by atoms with Crippen LogP contribution in [0.5, 0.6) is 0 Å². The zero-order valence-electron chi connectivity index (χ0n) is 19.4. The predicted molar refractivity (Wildman–Crippen MR) is 136 cm³/mol. The second kappa shape index (κ2) is 13.2. The monoisotopic (exact) mass is 490 g/mol. The number of nitro benzene ring substituents is 1. The van der Waals surface area contributed by atoms with Crippen LogP contribution in [0.1, 0.15) is 59.7 Å². The summed E-state index contributed by atoms with van der Waals surface area (Å²) in [4.78, 5) is 42.6. The average molecular weight is 491 g/mol. The van der Waals surface area contributed by atoms with Crippen LogP contribution < -0.4 is 0 Å². The largest absolute Gasteiger partial charge is 0.365 e. The first-order chi connectivity index (χ1) is 17.0. The maximum Gasteiger partial charge on any atom is 0.365 e. The first-order valence-electron chi connectivity index (χ1n) is 11.4. The summed E-state index contributed by atoms with van der Waals surface area (Å²) in [5.74, 6) is -0.895. The van der Waals surface area contributed by atoms with Crippen LogP contribution in [-0.2, 0) is 4.84 Å². The third-order valence-electron chi connectivity index (χ3n) is 5.18. The van der Waals surface area contributed by atoms with Gasteiger partial charge in [-0.3, -0.25) is 14.9 Å². The number of hydrogen-bond acceptors (Lipinski definition) is 7. The number of unbranched alkanes of at least 4 members (excludes halogenated alkanes) is 3. The van der Waals surface area contributed by atoms with E-state index < -0.39 is 10.9 Å². The first kappa shape index (κ1) is 25.8. The van der Waals surface area contributed by atoms with Gasteiger partial charge in [0.2, 0.25) is 5.78 Å². The summed E-state index contributed by atoms with van der Waals surface area (Å²) in [5, 5.41) is 14.8. The molecule has 0 heterocycles. The van der Waals surface area contributed by atoms with E-state index in [9.17, 15) is 19.7 Å². The van der Waals surface area contributed by atoms with E-state index in [4.69, 9.17) is 4.84 Å². The number of Topliss-reactive ketones (excluding diaryl/α,β-unsaturated/α-hetero) is 1. The van der Waals surface area contributed by atoms with Gasteiger partial charge >= 0.3 is 5.97 Å². The molecule has 0 aliphatic rings. The van der Waals surface area contributed by atoms with Crippen LogP contribution in [0.15, 0.2) is 93.8 Å². The lowest BCUT2D eigenvalue weighted by molar-refractivity contribution is -0.384. The number of carbonyl (C=O) groups excluding carboxylic acids is 2. The van der Waals surface area contributed by atoms with Gasteiger partial charge in [-0.25, -0.2) is 4.79 Å². The quantitative estimate of drug-likeness (QED) is 0.0670. The van der Waals surface area contributed by atoms with Crippen LogP contribution in [0, 0.1) is 10.1 Å². The number of nitrogens with zero attached hydrogens (tertiary/aromatic N) is 2. The first-order valence-corrected chi connectivity index (χ1v) is 12.2. The third-order valence-corrected chi connectivity index (χ3v) is 6.19. The SMILES string of the molecule is CCCCCC/C(=N/OC(=O)c1ccccc1)C(=O)c1ccc(Sc2ccc([N+](=O)[O-])cc2)cc1. The van der Waals surface area contributed by atoms with Crippen molar-refractivity contribution in [2.75, 3.05) is 0 Å². The van der Waals surface area contributed by atoms with E-state index in [1.165, 1.54) is 23.9 Å². The van der Waals surface area contributed by atoms with Gasteiger partial charge in [0.1, 0.15) is 5.71 Å². The molecule has 0 atom stereocenters. The number of benzene rings is 3. The second-order valence-corrected chi connectivity index (χ2v) is 8.95. The minimum atomic E-state index is -0.612. The molecule has 0 aromatic heterocycles. The molecule has 3 rings (SSSR count). The van der Waals surface area contributed by atoms with Crippen LogP contribution in [0.3, 0.4) is 0 Å². The molecule has 0 N–H and O–H groups in total. The van der Waals surface area contributed by atoms with Gasteiger partial charge in [-0.05, 0) is 61.4 Å². The molecule has 0 unspecified atom stereocenters. The average Bonchev–Trinajstić information content (AvgIpc) is 2.89. The predicted octanol–water partition coefficient (Wildman–Crippen LogP) is 7.11. The maximum absolute atomic E-state index is 13.1. The fourth-order valence-electron chi connectivity index (χ4n) is 3.26. The number of hydrogen-bond donors (Lipinski definition) is 0. The summed E-state index contributed by atoms with van der Waals surface area (Å²) < 4.78 is 0. The Hall–Kier alpha value is -3.78. The fourth-order valence-corrected chi connectivity index (χ4v) is 4.07. The maximum atomic E-state index is 13.1.